The molecule has 3 nitrogen and oxygen atoms in total. The van der Waals surface area contributed by atoms with Crippen LogP contribution in [0.3, 0.4) is 0 Å². The Bertz CT molecular complexity index is 225. The maximum atomic E-state index is 5.67. The number of nitrogens with zero attached hydrogens (tertiary/aromatic N) is 2. The number of imidazole rings is 1. The summed E-state index contributed by atoms with van der Waals surface area (Å²) in [6.07, 6.45) is 5.08. The van der Waals surface area contributed by atoms with Gasteiger partial charge in [-0.05, 0) is 25.4 Å². The molecule has 12 heavy (non-hydrogen) atoms. The van der Waals surface area contributed by atoms with Crippen LogP contribution in [0.25, 0.3) is 0 Å². The fraction of sp³-hybridized carbons (Fsp3) is 0.625. The average Bonchev–Trinajstić information content (AvgIpc) is 2.35. The molecule has 0 aromatic carbocycles. The van der Waals surface area contributed by atoms with E-state index in [1.54, 1.807) is 0 Å². The van der Waals surface area contributed by atoms with Crippen molar-refractivity contribution in [3.05, 3.63) is 11.9 Å². The van der Waals surface area contributed by atoms with Gasteiger partial charge in [0.15, 0.2) is 5.95 Å². The highest BCUT2D eigenvalue weighted by Crippen LogP contribution is 2.07. The second-order valence-corrected chi connectivity index (χ2v) is 3.74. The summed E-state index contributed by atoms with van der Waals surface area (Å²) < 4.78 is 2.05. The molecule has 0 aliphatic heterocycles. The zero-order valence-corrected chi connectivity index (χ0v) is 8.40. The van der Waals surface area contributed by atoms with E-state index in [1.165, 1.54) is 5.75 Å². The molecule has 0 amide bonds. The summed E-state index contributed by atoms with van der Waals surface area (Å²) >= 11 is 1.86. The standard InChI is InChI=1S/C8H15N3S/c1-7-6-10-8(9)11(7)4-3-5-12-2/h6H,3-5H2,1-2H3,(H2,9,10). The van der Waals surface area contributed by atoms with Crippen LogP contribution in [0.5, 0.6) is 0 Å². The second-order valence-electron chi connectivity index (χ2n) is 2.76. The number of aryl methyl sites for hydroxylation is 1. The summed E-state index contributed by atoms with van der Waals surface area (Å²) in [4.78, 5) is 4.03. The van der Waals surface area contributed by atoms with Crippen LogP contribution in [0.15, 0.2) is 6.20 Å². The van der Waals surface area contributed by atoms with Crippen molar-refractivity contribution in [3.8, 4) is 0 Å². The van der Waals surface area contributed by atoms with E-state index >= 15 is 0 Å². The van der Waals surface area contributed by atoms with Gasteiger partial charge in [0, 0.05) is 12.2 Å². The highest BCUT2D eigenvalue weighted by atomic mass is 32.2. The molecule has 0 unspecified atom stereocenters. The smallest absolute Gasteiger partial charge is 0.200 e. The van der Waals surface area contributed by atoms with Crippen molar-refractivity contribution in [3.63, 3.8) is 0 Å². The Labute approximate surface area is 77.4 Å². The maximum absolute atomic E-state index is 5.67. The van der Waals surface area contributed by atoms with Gasteiger partial charge in [0.05, 0.1) is 6.20 Å². The molecule has 0 saturated heterocycles. The summed E-state index contributed by atoms with van der Waals surface area (Å²) in [7, 11) is 0. The van der Waals surface area contributed by atoms with Crippen LogP contribution in [0.4, 0.5) is 5.95 Å². The van der Waals surface area contributed by atoms with E-state index in [-0.39, 0.29) is 0 Å². The first-order chi connectivity index (χ1) is 5.75. The van der Waals surface area contributed by atoms with Crippen molar-refractivity contribution in [2.45, 2.75) is 19.9 Å². The highest BCUT2D eigenvalue weighted by molar-refractivity contribution is 7.98. The van der Waals surface area contributed by atoms with Gasteiger partial charge in [-0.1, -0.05) is 0 Å². The molecule has 1 aromatic rings. The Hall–Kier alpha value is -0.640. The molecule has 0 radical (unpaired) electrons. The predicted octanol–water partition coefficient (Wildman–Crippen LogP) is 1.53. The lowest BCUT2D eigenvalue weighted by molar-refractivity contribution is 0.676. The van der Waals surface area contributed by atoms with Gasteiger partial charge in [0.1, 0.15) is 0 Å². The van der Waals surface area contributed by atoms with E-state index in [2.05, 4.69) is 15.8 Å². The van der Waals surface area contributed by atoms with Crippen LogP contribution in [0.1, 0.15) is 12.1 Å². The Morgan fingerprint density at radius 3 is 2.92 bits per heavy atom. The fourth-order valence-corrected chi connectivity index (χ4v) is 1.56. The fourth-order valence-electron chi connectivity index (χ4n) is 1.14. The molecule has 68 valence electrons. The molecule has 0 spiro atoms. The van der Waals surface area contributed by atoms with Gasteiger partial charge in [-0.2, -0.15) is 11.8 Å². The zero-order valence-electron chi connectivity index (χ0n) is 7.58. The van der Waals surface area contributed by atoms with Gasteiger partial charge in [0.25, 0.3) is 0 Å². The van der Waals surface area contributed by atoms with Crippen LogP contribution in [0.2, 0.25) is 0 Å². The summed E-state index contributed by atoms with van der Waals surface area (Å²) in [5.74, 6) is 1.81. The number of nitrogens with two attached hydrogens (primary N) is 1. The number of thioether (sulfide) groups is 1. The third-order valence-corrected chi connectivity index (χ3v) is 2.51. The molecular formula is C8H15N3S. The first-order valence-electron chi connectivity index (χ1n) is 4.02. The van der Waals surface area contributed by atoms with Crippen LogP contribution < -0.4 is 5.73 Å². The van der Waals surface area contributed by atoms with E-state index in [4.69, 9.17) is 5.73 Å². The molecule has 0 fully saturated rings. The predicted molar refractivity (Wildman–Crippen MR) is 54.4 cm³/mol. The van der Waals surface area contributed by atoms with Crippen molar-refractivity contribution < 1.29 is 0 Å². The molecular weight excluding hydrogens is 170 g/mol. The number of nitrogen functional groups attached to an aromatic ring is 1. The number of rotatable bonds is 4. The summed E-state index contributed by atoms with van der Waals surface area (Å²) in [5, 5.41) is 0. The Morgan fingerprint density at radius 2 is 2.42 bits per heavy atom. The van der Waals surface area contributed by atoms with Gasteiger partial charge in [0.2, 0.25) is 0 Å². The Balaban J connectivity index is 2.50. The SMILES string of the molecule is CSCCCn1c(C)cnc1N. The normalized spacial score (nSPS) is 10.5. The topological polar surface area (TPSA) is 43.8 Å². The molecule has 1 heterocycles. The Kier molecular flexibility index (Phi) is 3.47. The van der Waals surface area contributed by atoms with E-state index in [9.17, 15) is 0 Å². The van der Waals surface area contributed by atoms with Crippen molar-refractivity contribution in [1.82, 2.24) is 9.55 Å². The molecule has 4 heteroatoms. The molecule has 1 rings (SSSR count). The van der Waals surface area contributed by atoms with Crippen LogP contribution >= 0.6 is 11.8 Å². The van der Waals surface area contributed by atoms with Crippen LogP contribution in [-0.2, 0) is 6.54 Å². The molecule has 2 N–H and O–H groups in total. The maximum Gasteiger partial charge on any atom is 0.200 e. The van der Waals surface area contributed by atoms with E-state index in [1.807, 2.05) is 24.9 Å². The zero-order chi connectivity index (χ0) is 8.97. The van der Waals surface area contributed by atoms with Gasteiger partial charge < -0.3 is 10.3 Å². The van der Waals surface area contributed by atoms with Gasteiger partial charge in [-0.25, -0.2) is 4.98 Å². The molecule has 0 saturated carbocycles. The molecule has 1 aromatic heterocycles. The molecule has 0 aliphatic rings. The third-order valence-electron chi connectivity index (χ3n) is 1.82. The first kappa shape index (κ1) is 9.45. The minimum atomic E-state index is 0.633. The summed E-state index contributed by atoms with van der Waals surface area (Å²) in [5.41, 5.74) is 6.82. The second kappa shape index (κ2) is 4.40. The molecule has 0 bridgehead atoms. The lowest BCUT2D eigenvalue weighted by atomic mass is 10.4. The van der Waals surface area contributed by atoms with Gasteiger partial charge in [-0.15, -0.1) is 0 Å². The summed E-state index contributed by atoms with van der Waals surface area (Å²) in [6.45, 7) is 3.01. The van der Waals surface area contributed by atoms with Crippen molar-refractivity contribution in [2.75, 3.05) is 17.7 Å². The van der Waals surface area contributed by atoms with Crippen molar-refractivity contribution in [2.24, 2.45) is 0 Å². The largest absolute Gasteiger partial charge is 0.369 e. The van der Waals surface area contributed by atoms with Gasteiger partial charge in [-0.3, -0.25) is 0 Å². The third kappa shape index (κ3) is 2.17. The minimum Gasteiger partial charge on any atom is -0.369 e. The van der Waals surface area contributed by atoms with Gasteiger partial charge >= 0.3 is 0 Å². The lowest BCUT2D eigenvalue weighted by Gasteiger charge is -2.05. The number of hydrogen-bond donors (Lipinski definition) is 1. The molecule has 0 aliphatic carbocycles. The lowest BCUT2D eigenvalue weighted by Crippen LogP contribution is -2.05. The van der Waals surface area contributed by atoms with E-state index < -0.39 is 0 Å². The summed E-state index contributed by atoms with van der Waals surface area (Å²) in [6, 6.07) is 0. The number of aromatic nitrogens is 2. The highest BCUT2D eigenvalue weighted by Gasteiger charge is 2.01. The Morgan fingerprint density at radius 1 is 1.67 bits per heavy atom. The first-order valence-corrected chi connectivity index (χ1v) is 5.41. The quantitative estimate of drug-likeness (QED) is 0.723. The van der Waals surface area contributed by atoms with Crippen molar-refractivity contribution in [1.29, 1.82) is 0 Å². The number of anilines is 1. The molecule has 0 atom stereocenters. The van der Waals surface area contributed by atoms with Crippen LogP contribution in [-0.4, -0.2) is 21.6 Å². The average molecular weight is 185 g/mol. The monoisotopic (exact) mass is 185 g/mol. The number of hydrogen-bond acceptors (Lipinski definition) is 3. The van der Waals surface area contributed by atoms with E-state index in [0.29, 0.717) is 5.95 Å². The van der Waals surface area contributed by atoms with Crippen LogP contribution in [0, 0.1) is 6.92 Å². The minimum absolute atomic E-state index is 0.633. The van der Waals surface area contributed by atoms with E-state index in [0.717, 1.165) is 18.7 Å². The van der Waals surface area contributed by atoms with Crippen molar-refractivity contribution >= 4 is 17.7 Å².